The van der Waals surface area contributed by atoms with E-state index in [1.807, 2.05) is 24.3 Å². The SMILES string of the molecule is Clc1ccccc1NN1CCCCC1. The summed E-state index contributed by atoms with van der Waals surface area (Å²) in [5.74, 6) is 0. The van der Waals surface area contributed by atoms with Crippen LogP contribution in [0.5, 0.6) is 0 Å². The van der Waals surface area contributed by atoms with Gasteiger partial charge in [0.1, 0.15) is 0 Å². The van der Waals surface area contributed by atoms with Gasteiger partial charge in [0.05, 0.1) is 10.7 Å². The van der Waals surface area contributed by atoms with Gasteiger partial charge in [0.2, 0.25) is 0 Å². The summed E-state index contributed by atoms with van der Waals surface area (Å²) in [6, 6.07) is 7.87. The van der Waals surface area contributed by atoms with Crippen molar-refractivity contribution >= 4 is 17.3 Å². The molecule has 0 bridgehead atoms. The number of benzene rings is 1. The molecule has 76 valence electrons. The number of hydrogen-bond acceptors (Lipinski definition) is 2. The molecular weight excluding hydrogens is 196 g/mol. The number of nitrogens with zero attached hydrogens (tertiary/aromatic N) is 1. The molecule has 1 aliphatic rings. The summed E-state index contributed by atoms with van der Waals surface area (Å²) in [4.78, 5) is 0. The number of para-hydroxylation sites is 1. The number of rotatable bonds is 2. The minimum Gasteiger partial charge on any atom is -0.317 e. The molecule has 0 aliphatic carbocycles. The van der Waals surface area contributed by atoms with Crippen LogP contribution in [-0.2, 0) is 0 Å². The molecule has 14 heavy (non-hydrogen) atoms. The van der Waals surface area contributed by atoms with E-state index in [0.717, 1.165) is 23.8 Å². The highest BCUT2D eigenvalue weighted by Crippen LogP contribution is 2.22. The quantitative estimate of drug-likeness (QED) is 0.807. The summed E-state index contributed by atoms with van der Waals surface area (Å²) in [5, 5.41) is 3.03. The van der Waals surface area contributed by atoms with Crippen molar-refractivity contribution in [3.63, 3.8) is 0 Å². The van der Waals surface area contributed by atoms with Gasteiger partial charge in [-0.2, -0.15) is 0 Å². The van der Waals surface area contributed by atoms with Gasteiger partial charge in [-0.3, -0.25) is 0 Å². The minimum absolute atomic E-state index is 0.790. The summed E-state index contributed by atoms with van der Waals surface area (Å²) in [7, 11) is 0. The predicted octanol–water partition coefficient (Wildman–Crippen LogP) is 3.15. The zero-order valence-corrected chi connectivity index (χ0v) is 8.93. The molecule has 0 saturated carbocycles. The number of hydrogen-bond donors (Lipinski definition) is 1. The van der Waals surface area contributed by atoms with E-state index in [0.29, 0.717) is 0 Å². The van der Waals surface area contributed by atoms with Crippen LogP contribution in [0.3, 0.4) is 0 Å². The van der Waals surface area contributed by atoms with Crippen molar-refractivity contribution in [3.05, 3.63) is 29.3 Å². The predicted molar refractivity (Wildman–Crippen MR) is 60.5 cm³/mol. The number of anilines is 1. The molecule has 3 heteroatoms. The second-order valence-corrected chi connectivity index (χ2v) is 4.05. The van der Waals surface area contributed by atoms with Gasteiger partial charge in [-0.15, -0.1) is 0 Å². The molecule has 0 atom stereocenters. The van der Waals surface area contributed by atoms with Crippen molar-refractivity contribution in [1.29, 1.82) is 0 Å². The van der Waals surface area contributed by atoms with E-state index >= 15 is 0 Å². The van der Waals surface area contributed by atoms with E-state index < -0.39 is 0 Å². The Labute approximate surface area is 89.8 Å². The second-order valence-electron chi connectivity index (χ2n) is 3.64. The van der Waals surface area contributed by atoms with Gasteiger partial charge in [0.15, 0.2) is 0 Å². The van der Waals surface area contributed by atoms with Crippen molar-refractivity contribution in [2.24, 2.45) is 0 Å². The summed E-state index contributed by atoms with van der Waals surface area (Å²) in [6.07, 6.45) is 3.90. The van der Waals surface area contributed by atoms with Crippen LogP contribution in [-0.4, -0.2) is 18.1 Å². The van der Waals surface area contributed by atoms with Gasteiger partial charge in [-0.1, -0.05) is 30.2 Å². The molecule has 1 heterocycles. The lowest BCUT2D eigenvalue weighted by atomic mass is 10.2. The highest BCUT2D eigenvalue weighted by Gasteiger charge is 2.10. The van der Waals surface area contributed by atoms with Crippen LogP contribution in [0, 0.1) is 0 Å². The van der Waals surface area contributed by atoms with Crippen molar-refractivity contribution in [2.75, 3.05) is 18.5 Å². The van der Waals surface area contributed by atoms with Crippen LogP contribution in [0.4, 0.5) is 5.69 Å². The van der Waals surface area contributed by atoms with Gasteiger partial charge in [0.25, 0.3) is 0 Å². The van der Waals surface area contributed by atoms with Gasteiger partial charge in [-0.25, -0.2) is 5.01 Å². The molecule has 0 radical (unpaired) electrons. The standard InChI is InChI=1S/C11H15ClN2/c12-10-6-2-3-7-11(10)13-14-8-4-1-5-9-14/h2-3,6-7,13H,1,4-5,8-9H2. The summed E-state index contributed by atoms with van der Waals surface area (Å²) >= 11 is 6.05. The molecule has 0 unspecified atom stereocenters. The first kappa shape index (κ1) is 9.81. The Hall–Kier alpha value is -0.730. The molecule has 0 aromatic heterocycles. The van der Waals surface area contributed by atoms with Crippen LogP contribution >= 0.6 is 11.6 Å². The Bertz CT molecular complexity index is 295. The zero-order valence-electron chi connectivity index (χ0n) is 8.17. The molecule has 0 amide bonds. The molecule has 2 rings (SSSR count). The van der Waals surface area contributed by atoms with Gasteiger partial charge in [0, 0.05) is 13.1 Å². The largest absolute Gasteiger partial charge is 0.317 e. The Morgan fingerprint density at radius 1 is 1.07 bits per heavy atom. The molecule has 1 fully saturated rings. The first-order valence-corrected chi connectivity index (χ1v) is 5.50. The smallest absolute Gasteiger partial charge is 0.0676 e. The average Bonchev–Trinajstić information content (AvgIpc) is 2.23. The Balaban J connectivity index is 1.99. The van der Waals surface area contributed by atoms with Crippen LogP contribution in [0.25, 0.3) is 0 Å². The summed E-state index contributed by atoms with van der Waals surface area (Å²) < 4.78 is 0. The highest BCUT2D eigenvalue weighted by molar-refractivity contribution is 6.33. The van der Waals surface area contributed by atoms with Crippen molar-refractivity contribution in [2.45, 2.75) is 19.3 Å². The van der Waals surface area contributed by atoms with Crippen LogP contribution < -0.4 is 5.43 Å². The van der Waals surface area contributed by atoms with Gasteiger partial charge < -0.3 is 5.43 Å². The van der Waals surface area contributed by atoms with Crippen LogP contribution in [0.2, 0.25) is 5.02 Å². The third-order valence-electron chi connectivity index (χ3n) is 2.51. The molecule has 2 nitrogen and oxygen atoms in total. The van der Waals surface area contributed by atoms with Crippen LogP contribution in [0.15, 0.2) is 24.3 Å². The van der Waals surface area contributed by atoms with E-state index in [9.17, 15) is 0 Å². The molecule has 0 spiro atoms. The molecule has 1 N–H and O–H groups in total. The van der Waals surface area contributed by atoms with Gasteiger partial charge in [-0.05, 0) is 25.0 Å². The van der Waals surface area contributed by atoms with Gasteiger partial charge >= 0.3 is 0 Å². The summed E-state index contributed by atoms with van der Waals surface area (Å²) in [5.41, 5.74) is 4.36. The third kappa shape index (κ3) is 2.40. The fraction of sp³-hybridized carbons (Fsp3) is 0.455. The lowest BCUT2D eigenvalue weighted by molar-refractivity contribution is 0.273. The zero-order chi connectivity index (χ0) is 9.80. The maximum absolute atomic E-state index is 6.05. The Morgan fingerprint density at radius 2 is 1.79 bits per heavy atom. The van der Waals surface area contributed by atoms with Crippen molar-refractivity contribution in [1.82, 2.24) is 5.01 Å². The van der Waals surface area contributed by atoms with Crippen molar-refractivity contribution < 1.29 is 0 Å². The Kier molecular flexibility index (Phi) is 3.27. The fourth-order valence-electron chi connectivity index (χ4n) is 1.73. The molecular formula is C11H15ClN2. The number of hydrazine groups is 1. The molecule has 1 aromatic rings. The summed E-state index contributed by atoms with van der Waals surface area (Å²) in [6.45, 7) is 2.23. The van der Waals surface area contributed by atoms with E-state index in [1.165, 1.54) is 19.3 Å². The molecule has 1 saturated heterocycles. The first-order chi connectivity index (χ1) is 6.86. The number of nitrogens with one attached hydrogen (secondary N) is 1. The second kappa shape index (κ2) is 4.67. The van der Waals surface area contributed by atoms with Crippen LogP contribution in [0.1, 0.15) is 19.3 Å². The van der Waals surface area contributed by atoms with E-state index in [-0.39, 0.29) is 0 Å². The number of piperidine rings is 1. The Morgan fingerprint density at radius 3 is 2.50 bits per heavy atom. The monoisotopic (exact) mass is 210 g/mol. The maximum Gasteiger partial charge on any atom is 0.0676 e. The maximum atomic E-state index is 6.05. The minimum atomic E-state index is 0.790. The highest BCUT2D eigenvalue weighted by atomic mass is 35.5. The topological polar surface area (TPSA) is 15.3 Å². The third-order valence-corrected chi connectivity index (χ3v) is 2.84. The molecule has 1 aromatic carbocycles. The lowest BCUT2D eigenvalue weighted by Gasteiger charge is -2.28. The number of halogens is 1. The van der Waals surface area contributed by atoms with E-state index in [4.69, 9.17) is 11.6 Å². The molecule has 1 aliphatic heterocycles. The lowest BCUT2D eigenvalue weighted by Crippen LogP contribution is -2.34. The van der Waals surface area contributed by atoms with E-state index in [2.05, 4.69) is 10.4 Å². The first-order valence-electron chi connectivity index (χ1n) is 5.12. The average molecular weight is 211 g/mol. The van der Waals surface area contributed by atoms with Crippen molar-refractivity contribution in [3.8, 4) is 0 Å². The fourth-order valence-corrected chi connectivity index (χ4v) is 1.91. The van der Waals surface area contributed by atoms with E-state index in [1.54, 1.807) is 0 Å². The normalized spacial score (nSPS) is 18.1.